The Kier molecular flexibility index (Phi) is 7.69. The second-order valence-corrected chi connectivity index (χ2v) is 2.71. The van der Waals surface area contributed by atoms with Crippen LogP contribution in [0.4, 0.5) is 4.20 Å². The first-order chi connectivity index (χ1) is 3.91. The lowest BCUT2D eigenvalue weighted by atomic mass is 10.2. The van der Waals surface area contributed by atoms with Crippen molar-refractivity contribution in [3.63, 3.8) is 0 Å². The molecule has 50 valence electrons. The van der Waals surface area contributed by atoms with Gasteiger partial charge in [-0.2, -0.15) is 0 Å². The van der Waals surface area contributed by atoms with Crippen LogP contribution in [0, 0.1) is 0 Å². The summed E-state index contributed by atoms with van der Waals surface area (Å²) >= 11 is 0. The predicted molar refractivity (Wildman–Crippen MR) is 38.4 cm³/mol. The highest BCUT2D eigenvalue weighted by molar-refractivity contribution is 7.31. The van der Waals surface area contributed by atoms with Crippen molar-refractivity contribution in [1.29, 1.82) is 0 Å². The minimum Gasteiger partial charge on any atom is -0.231 e. The SMILES string of the molecule is CCCCCCPF. The molecule has 0 heterocycles. The van der Waals surface area contributed by atoms with E-state index in [1.807, 2.05) is 0 Å². The van der Waals surface area contributed by atoms with Gasteiger partial charge in [0, 0.05) is 0 Å². The standard InChI is InChI=1S/C6H14FP/c1-2-3-4-5-6-8-7/h8H,2-6H2,1H3. The third kappa shape index (κ3) is 6.36. The normalized spacial score (nSPS) is 11.2. The summed E-state index contributed by atoms with van der Waals surface area (Å²) in [4.78, 5) is 0. The van der Waals surface area contributed by atoms with Crippen molar-refractivity contribution >= 4 is 8.89 Å². The van der Waals surface area contributed by atoms with Gasteiger partial charge in [0.15, 0.2) is 0 Å². The van der Waals surface area contributed by atoms with E-state index in [4.69, 9.17) is 0 Å². The highest BCUT2D eigenvalue weighted by Gasteiger charge is 1.85. The summed E-state index contributed by atoms with van der Waals surface area (Å²) in [5, 5.41) is 0. The Morgan fingerprint density at radius 3 is 2.50 bits per heavy atom. The Bertz CT molecular complexity index is 33.5. The first-order valence-corrected chi connectivity index (χ1v) is 4.33. The van der Waals surface area contributed by atoms with Crippen molar-refractivity contribution in [2.24, 2.45) is 0 Å². The highest BCUT2D eigenvalue weighted by atomic mass is 31.1. The van der Waals surface area contributed by atoms with Crippen LogP contribution >= 0.6 is 8.89 Å². The summed E-state index contributed by atoms with van der Waals surface area (Å²) in [7, 11) is -0.331. The first kappa shape index (κ1) is 8.36. The van der Waals surface area contributed by atoms with E-state index < -0.39 is 0 Å². The molecular formula is C6H14FP. The molecule has 0 saturated carbocycles. The molecule has 0 saturated heterocycles. The molecule has 0 aliphatic carbocycles. The van der Waals surface area contributed by atoms with Gasteiger partial charge in [0.25, 0.3) is 0 Å². The third-order valence-corrected chi connectivity index (χ3v) is 1.67. The van der Waals surface area contributed by atoms with Crippen molar-refractivity contribution < 1.29 is 4.20 Å². The zero-order valence-corrected chi connectivity index (χ0v) is 6.41. The molecule has 1 unspecified atom stereocenters. The van der Waals surface area contributed by atoms with E-state index in [0.29, 0.717) is 0 Å². The maximum Gasteiger partial charge on any atom is 0.0670 e. The Balaban J connectivity index is 2.53. The van der Waals surface area contributed by atoms with E-state index in [1.54, 1.807) is 0 Å². The lowest BCUT2D eigenvalue weighted by Crippen LogP contribution is -1.75. The number of halogens is 1. The molecule has 2 heteroatoms. The van der Waals surface area contributed by atoms with E-state index in [-0.39, 0.29) is 8.89 Å². The molecule has 0 rings (SSSR count). The van der Waals surface area contributed by atoms with Crippen molar-refractivity contribution in [2.75, 3.05) is 6.16 Å². The fraction of sp³-hybridized carbons (Fsp3) is 1.00. The first-order valence-electron chi connectivity index (χ1n) is 3.25. The average molecular weight is 136 g/mol. The largest absolute Gasteiger partial charge is 0.231 e. The minimum atomic E-state index is -0.331. The van der Waals surface area contributed by atoms with Crippen molar-refractivity contribution in [3.05, 3.63) is 0 Å². The van der Waals surface area contributed by atoms with Crippen LogP contribution in [-0.2, 0) is 0 Å². The lowest BCUT2D eigenvalue weighted by Gasteiger charge is -1.92. The van der Waals surface area contributed by atoms with E-state index in [2.05, 4.69) is 6.92 Å². The number of unbranched alkanes of at least 4 members (excludes halogenated alkanes) is 3. The van der Waals surface area contributed by atoms with Crippen LogP contribution in [0.2, 0.25) is 0 Å². The zero-order valence-electron chi connectivity index (χ0n) is 5.41. The second kappa shape index (κ2) is 7.36. The van der Waals surface area contributed by atoms with Crippen LogP contribution in [-0.4, -0.2) is 6.16 Å². The summed E-state index contributed by atoms with van der Waals surface area (Å²) in [5.74, 6) is 0. The lowest BCUT2D eigenvalue weighted by molar-refractivity contribution is 0.701. The summed E-state index contributed by atoms with van der Waals surface area (Å²) < 4.78 is 11.4. The summed E-state index contributed by atoms with van der Waals surface area (Å²) in [5.41, 5.74) is 0. The molecule has 0 aromatic heterocycles. The van der Waals surface area contributed by atoms with Gasteiger partial charge < -0.3 is 0 Å². The molecule has 0 aliphatic heterocycles. The quantitative estimate of drug-likeness (QED) is 0.402. The van der Waals surface area contributed by atoms with Gasteiger partial charge in [-0.15, -0.1) is 0 Å². The van der Waals surface area contributed by atoms with Crippen LogP contribution in [0.25, 0.3) is 0 Å². The Morgan fingerprint density at radius 1 is 1.25 bits per heavy atom. The Morgan fingerprint density at radius 2 is 2.00 bits per heavy atom. The maximum atomic E-state index is 11.4. The van der Waals surface area contributed by atoms with E-state index in [1.165, 1.54) is 19.3 Å². The van der Waals surface area contributed by atoms with Gasteiger partial charge in [-0.3, -0.25) is 0 Å². The van der Waals surface area contributed by atoms with Gasteiger partial charge in [-0.05, 0) is 12.6 Å². The fourth-order valence-electron chi connectivity index (χ4n) is 0.619. The molecule has 0 fully saturated rings. The van der Waals surface area contributed by atoms with Gasteiger partial charge in [0.1, 0.15) is 0 Å². The third-order valence-electron chi connectivity index (χ3n) is 1.12. The minimum absolute atomic E-state index is 0.331. The Hall–Kier alpha value is 0.360. The van der Waals surface area contributed by atoms with Crippen molar-refractivity contribution in [1.82, 2.24) is 0 Å². The number of hydrogen-bond acceptors (Lipinski definition) is 0. The van der Waals surface area contributed by atoms with Crippen LogP contribution in [0.1, 0.15) is 32.6 Å². The van der Waals surface area contributed by atoms with Gasteiger partial charge in [0.05, 0.1) is 8.89 Å². The average Bonchev–Trinajstić information content (AvgIpc) is 1.81. The molecule has 1 atom stereocenters. The van der Waals surface area contributed by atoms with Gasteiger partial charge >= 0.3 is 0 Å². The monoisotopic (exact) mass is 136 g/mol. The summed E-state index contributed by atoms with van der Waals surface area (Å²) in [6, 6.07) is 0. The molecule has 0 bridgehead atoms. The van der Waals surface area contributed by atoms with Crippen LogP contribution in [0.3, 0.4) is 0 Å². The molecule has 0 nitrogen and oxygen atoms in total. The summed E-state index contributed by atoms with van der Waals surface area (Å²) in [6.07, 6.45) is 5.61. The molecule has 0 aromatic carbocycles. The molecule has 0 spiro atoms. The van der Waals surface area contributed by atoms with Crippen LogP contribution in [0.5, 0.6) is 0 Å². The highest BCUT2D eigenvalue weighted by Crippen LogP contribution is 2.13. The van der Waals surface area contributed by atoms with Gasteiger partial charge in [-0.25, -0.2) is 4.20 Å². The molecule has 0 N–H and O–H groups in total. The van der Waals surface area contributed by atoms with E-state index in [9.17, 15) is 4.20 Å². The maximum absolute atomic E-state index is 11.4. The molecule has 0 amide bonds. The second-order valence-electron chi connectivity index (χ2n) is 1.94. The topological polar surface area (TPSA) is 0 Å². The van der Waals surface area contributed by atoms with Crippen LogP contribution < -0.4 is 0 Å². The molecule has 8 heavy (non-hydrogen) atoms. The number of rotatable bonds is 5. The molecule has 0 radical (unpaired) electrons. The molecule has 0 aliphatic rings. The van der Waals surface area contributed by atoms with Crippen molar-refractivity contribution in [2.45, 2.75) is 32.6 Å². The Labute approximate surface area is 52.8 Å². The molecular weight excluding hydrogens is 122 g/mol. The number of hydrogen-bond donors (Lipinski definition) is 0. The zero-order chi connectivity index (χ0) is 6.24. The molecule has 0 aromatic rings. The fourth-order valence-corrected chi connectivity index (χ4v) is 1.00. The van der Waals surface area contributed by atoms with E-state index in [0.717, 1.165) is 12.6 Å². The van der Waals surface area contributed by atoms with Crippen LogP contribution in [0.15, 0.2) is 0 Å². The predicted octanol–water partition coefficient (Wildman–Crippen LogP) is 3.13. The van der Waals surface area contributed by atoms with Gasteiger partial charge in [-0.1, -0.05) is 26.2 Å². The van der Waals surface area contributed by atoms with Gasteiger partial charge in [0.2, 0.25) is 0 Å². The smallest absolute Gasteiger partial charge is 0.0670 e. The van der Waals surface area contributed by atoms with E-state index >= 15 is 0 Å². The van der Waals surface area contributed by atoms with Crippen molar-refractivity contribution in [3.8, 4) is 0 Å². The summed E-state index contributed by atoms with van der Waals surface area (Å²) in [6.45, 7) is 2.16.